The molecule has 0 saturated carbocycles. The highest BCUT2D eigenvalue weighted by Crippen LogP contribution is 2.21. The molecule has 1 aromatic carbocycles. The lowest BCUT2D eigenvalue weighted by molar-refractivity contribution is -0.144. The van der Waals surface area contributed by atoms with E-state index < -0.39 is 0 Å². The van der Waals surface area contributed by atoms with Crippen molar-refractivity contribution in [2.24, 2.45) is 0 Å². The van der Waals surface area contributed by atoms with Crippen LogP contribution in [-0.2, 0) is 9.53 Å². The molecule has 0 aliphatic rings. The van der Waals surface area contributed by atoms with Gasteiger partial charge in [-0.1, -0.05) is 26.0 Å². The van der Waals surface area contributed by atoms with Crippen LogP contribution in [0.4, 0.5) is 0 Å². The molecule has 0 radical (unpaired) electrons. The summed E-state index contributed by atoms with van der Waals surface area (Å²) in [6.07, 6.45) is 1.23. The molecular formula is C13H18O3. The number of phenolic OH excluding ortho intramolecular Hbond substituents is 1. The van der Waals surface area contributed by atoms with Crippen molar-refractivity contribution in [1.82, 2.24) is 0 Å². The van der Waals surface area contributed by atoms with Crippen molar-refractivity contribution < 1.29 is 14.6 Å². The molecule has 0 saturated heterocycles. The quantitative estimate of drug-likeness (QED) is 0.779. The Balaban J connectivity index is 2.48. The molecule has 1 aromatic rings. The van der Waals surface area contributed by atoms with Crippen molar-refractivity contribution in [2.75, 3.05) is 6.61 Å². The normalized spacial score (nSPS) is 12.1. The number of benzene rings is 1. The summed E-state index contributed by atoms with van der Waals surface area (Å²) >= 11 is 0. The Hall–Kier alpha value is -1.51. The molecule has 0 amide bonds. The summed E-state index contributed by atoms with van der Waals surface area (Å²) in [7, 11) is 0. The van der Waals surface area contributed by atoms with Gasteiger partial charge in [0.25, 0.3) is 0 Å². The van der Waals surface area contributed by atoms with Gasteiger partial charge < -0.3 is 9.84 Å². The number of aromatic hydroxyl groups is 1. The summed E-state index contributed by atoms with van der Waals surface area (Å²) < 4.78 is 5.02. The van der Waals surface area contributed by atoms with Gasteiger partial charge in [0, 0.05) is 0 Å². The van der Waals surface area contributed by atoms with Gasteiger partial charge in [-0.3, -0.25) is 4.79 Å². The molecule has 1 atom stereocenters. The lowest BCUT2D eigenvalue weighted by Gasteiger charge is -2.11. The lowest BCUT2D eigenvalue weighted by Crippen LogP contribution is -2.09. The summed E-state index contributed by atoms with van der Waals surface area (Å²) in [4.78, 5) is 11.4. The lowest BCUT2D eigenvalue weighted by atomic mass is 9.98. The van der Waals surface area contributed by atoms with Crippen LogP contribution in [0.1, 0.15) is 38.2 Å². The maximum atomic E-state index is 11.4. The summed E-state index contributed by atoms with van der Waals surface area (Å²) in [6, 6.07) is 6.91. The molecule has 3 nitrogen and oxygen atoms in total. The molecule has 0 heterocycles. The molecular weight excluding hydrogens is 204 g/mol. The van der Waals surface area contributed by atoms with Gasteiger partial charge in [0.1, 0.15) is 5.75 Å². The summed E-state index contributed by atoms with van der Waals surface area (Å²) in [6.45, 7) is 4.43. The van der Waals surface area contributed by atoms with E-state index in [0.717, 1.165) is 12.0 Å². The maximum Gasteiger partial charge on any atom is 0.306 e. The minimum atomic E-state index is -0.164. The van der Waals surface area contributed by atoms with Crippen LogP contribution < -0.4 is 0 Å². The van der Waals surface area contributed by atoms with Gasteiger partial charge in [-0.05, 0) is 30.0 Å². The SMILES string of the molecule is CCCOC(=O)CC(C)c1ccc(O)cc1. The van der Waals surface area contributed by atoms with E-state index in [-0.39, 0.29) is 17.6 Å². The molecule has 0 bridgehead atoms. The van der Waals surface area contributed by atoms with Crippen LogP contribution in [0.3, 0.4) is 0 Å². The molecule has 1 unspecified atom stereocenters. The number of rotatable bonds is 5. The van der Waals surface area contributed by atoms with E-state index >= 15 is 0 Å². The van der Waals surface area contributed by atoms with Crippen LogP contribution in [0, 0.1) is 0 Å². The molecule has 3 heteroatoms. The summed E-state index contributed by atoms with van der Waals surface area (Å²) in [5.74, 6) is 0.192. The Morgan fingerprint density at radius 2 is 2.00 bits per heavy atom. The zero-order chi connectivity index (χ0) is 12.0. The first-order valence-electron chi connectivity index (χ1n) is 5.58. The van der Waals surface area contributed by atoms with E-state index in [9.17, 15) is 4.79 Å². The van der Waals surface area contributed by atoms with Crippen molar-refractivity contribution in [3.05, 3.63) is 29.8 Å². The Morgan fingerprint density at radius 1 is 1.38 bits per heavy atom. The predicted molar refractivity (Wildman–Crippen MR) is 62.4 cm³/mol. The minimum absolute atomic E-state index is 0.116. The van der Waals surface area contributed by atoms with Crippen LogP contribution in [0.5, 0.6) is 5.75 Å². The molecule has 0 fully saturated rings. The zero-order valence-electron chi connectivity index (χ0n) is 9.77. The molecule has 0 aliphatic heterocycles. The first kappa shape index (κ1) is 12.6. The molecule has 1 rings (SSSR count). The number of esters is 1. The number of carbonyl (C=O) groups excluding carboxylic acids is 1. The van der Waals surface area contributed by atoms with Gasteiger partial charge in [-0.2, -0.15) is 0 Å². The van der Waals surface area contributed by atoms with Gasteiger partial charge in [-0.15, -0.1) is 0 Å². The van der Waals surface area contributed by atoms with Gasteiger partial charge in [0.05, 0.1) is 13.0 Å². The first-order valence-corrected chi connectivity index (χ1v) is 5.58. The Bertz CT molecular complexity index is 330. The number of phenols is 1. The fourth-order valence-corrected chi connectivity index (χ4v) is 1.45. The average Bonchev–Trinajstić information content (AvgIpc) is 2.27. The monoisotopic (exact) mass is 222 g/mol. The number of hydrogen-bond acceptors (Lipinski definition) is 3. The highest BCUT2D eigenvalue weighted by Gasteiger charge is 2.11. The third kappa shape index (κ3) is 3.93. The van der Waals surface area contributed by atoms with E-state index in [2.05, 4.69) is 0 Å². The zero-order valence-corrected chi connectivity index (χ0v) is 9.77. The van der Waals surface area contributed by atoms with Crippen LogP contribution in [0.15, 0.2) is 24.3 Å². The van der Waals surface area contributed by atoms with Gasteiger partial charge >= 0.3 is 5.97 Å². The second-order valence-electron chi connectivity index (χ2n) is 3.92. The van der Waals surface area contributed by atoms with Crippen molar-refractivity contribution in [2.45, 2.75) is 32.6 Å². The standard InChI is InChI=1S/C13H18O3/c1-3-8-16-13(15)9-10(2)11-4-6-12(14)7-5-11/h4-7,10,14H,3,8-9H2,1-2H3. The largest absolute Gasteiger partial charge is 0.508 e. The van der Waals surface area contributed by atoms with Gasteiger partial charge in [0.2, 0.25) is 0 Å². The second kappa shape index (κ2) is 6.16. The minimum Gasteiger partial charge on any atom is -0.508 e. The molecule has 16 heavy (non-hydrogen) atoms. The molecule has 0 aromatic heterocycles. The van der Waals surface area contributed by atoms with Gasteiger partial charge in [-0.25, -0.2) is 0 Å². The van der Waals surface area contributed by atoms with Crippen LogP contribution in [0.25, 0.3) is 0 Å². The third-order valence-corrected chi connectivity index (χ3v) is 2.40. The topological polar surface area (TPSA) is 46.5 Å². The van der Waals surface area contributed by atoms with Gasteiger partial charge in [0.15, 0.2) is 0 Å². The van der Waals surface area contributed by atoms with E-state index in [1.54, 1.807) is 12.1 Å². The van der Waals surface area contributed by atoms with Crippen molar-refractivity contribution in [3.8, 4) is 5.75 Å². The van der Waals surface area contributed by atoms with Crippen molar-refractivity contribution >= 4 is 5.97 Å². The molecule has 0 spiro atoms. The summed E-state index contributed by atoms with van der Waals surface area (Å²) in [5, 5.41) is 9.14. The number of hydrogen-bond donors (Lipinski definition) is 1. The number of ether oxygens (including phenoxy) is 1. The summed E-state index contributed by atoms with van der Waals surface area (Å²) in [5.41, 5.74) is 1.03. The smallest absolute Gasteiger partial charge is 0.306 e. The Morgan fingerprint density at radius 3 is 2.56 bits per heavy atom. The van der Waals surface area contributed by atoms with Crippen LogP contribution in [0.2, 0.25) is 0 Å². The van der Waals surface area contributed by atoms with E-state index in [1.807, 2.05) is 26.0 Å². The van der Waals surface area contributed by atoms with Crippen LogP contribution in [-0.4, -0.2) is 17.7 Å². The van der Waals surface area contributed by atoms with E-state index in [1.165, 1.54) is 0 Å². The highest BCUT2D eigenvalue weighted by atomic mass is 16.5. The average molecular weight is 222 g/mol. The van der Waals surface area contributed by atoms with Crippen molar-refractivity contribution in [3.63, 3.8) is 0 Å². The van der Waals surface area contributed by atoms with Crippen LogP contribution >= 0.6 is 0 Å². The molecule has 1 N–H and O–H groups in total. The first-order chi connectivity index (χ1) is 7.63. The highest BCUT2D eigenvalue weighted by molar-refractivity contribution is 5.70. The van der Waals surface area contributed by atoms with Crippen molar-refractivity contribution in [1.29, 1.82) is 0 Å². The fraction of sp³-hybridized carbons (Fsp3) is 0.462. The maximum absolute atomic E-state index is 11.4. The van der Waals surface area contributed by atoms with E-state index in [4.69, 9.17) is 9.84 Å². The predicted octanol–water partition coefficient (Wildman–Crippen LogP) is 2.84. The van der Waals surface area contributed by atoms with E-state index in [0.29, 0.717) is 13.0 Å². The molecule has 88 valence electrons. The molecule has 0 aliphatic carbocycles. The Kier molecular flexibility index (Phi) is 4.83. The fourth-order valence-electron chi connectivity index (χ4n) is 1.45. The Labute approximate surface area is 96.1 Å². The third-order valence-electron chi connectivity index (χ3n) is 2.40. The number of carbonyl (C=O) groups is 1. The second-order valence-corrected chi connectivity index (χ2v) is 3.92.